The molecule has 248 valence electrons. The first-order valence-corrected chi connectivity index (χ1v) is 16.4. The molecule has 3 aromatic carbocycles. The van der Waals surface area contributed by atoms with Crippen LogP contribution in [0.5, 0.6) is 5.75 Å². The second kappa shape index (κ2) is 16.2. The lowest BCUT2D eigenvalue weighted by atomic mass is 10.0. The maximum Gasteiger partial charge on any atom is 0.245 e. The molecule has 0 aliphatic carbocycles. The van der Waals surface area contributed by atoms with Gasteiger partial charge in [0.25, 0.3) is 0 Å². The first-order valence-electron chi connectivity index (χ1n) is 16.4. The van der Waals surface area contributed by atoms with Crippen molar-refractivity contribution in [3.8, 4) is 5.75 Å². The Balaban J connectivity index is 1.42. The number of rotatable bonds is 7. The van der Waals surface area contributed by atoms with Crippen molar-refractivity contribution in [1.29, 1.82) is 0 Å². The molecule has 3 atom stereocenters. The standard InChI is InChI=1S/C37H43FN4O5/c1-41(25-27-9-3-2-4-10-27)37(46)32-13-5-6-22-47-30-12-7-11-28(23-30)24-33(42-21-8-14-34(42)43)36(45)39-31(35(44)40-32)20-17-26-15-18-29(38)19-16-26/h2-4,7,9-12,15-16,18-19,23,31-33H,5-6,8,13-14,17,20-22,24-25H2,1H3,(H,39,45)(H,40,44)/t31-,32-,33-/m0/s1. The molecule has 2 aliphatic rings. The number of nitrogens with one attached hydrogen (secondary N) is 2. The van der Waals surface area contributed by atoms with E-state index in [0.717, 1.165) is 16.7 Å². The van der Waals surface area contributed by atoms with Crippen LogP contribution in [0.25, 0.3) is 0 Å². The molecule has 47 heavy (non-hydrogen) atoms. The Bertz CT molecular complexity index is 1530. The van der Waals surface area contributed by atoms with E-state index in [0.29, 0.717) is 64.0 Å². The highest BCUT2D eigenvalue weighted by molar-refractivity contribution is 5.94. The molecular weight excluding hydrogens is 599 g/mol. The molecule has 2 heterocycles. The lowest BCUT2D eigenvalue weighted by molar-refractivity contribution is -0.140. The van der Waals surface area contributed by atoms with Crippen LogP contribution >= 0.6 is 0 Å². The number of nitrogens with zero attached hydrogens (tertiary/aromatic N) is 2. The number of hydrogen-bond donors (Lipinski definition) is 2. The van der Waals surface area contributed by atoms with Gasteiger partial charge in [-0.1, -0.05) is 54.6 Å². The second-order valence-corrected chi connectivity index (χ2v) is 12.4. The van der Waals surface area contributed by atoms with Gasteiger partial charge in [-0.15, -0.1) is 0 Å². The lowest BCUT2D eigenvalue weighted by Crippen LogP contribution is -2.57. The molecular formula is C37H43FN4O5. The number of carbonyl (C=O) groups is 4. The predicted molar refractivity (Wildman–Crippen MR) is 176 cm³/mol. The number of carbonyl (C=O) groups excluding carboxylic acids is 4. The number of amides is 4. The summed E-state index contributed by atoms with van der Waals surface area (Å²) in [6.45, 7) is 1.25. The van der Waals surface area contributed by atoms with E-state index in [-0.39, 0.29) is 30.5 Å². The minimum absolute atomic E-state index is 0.105. The van der Waals surface area contributed by atoms with E-state index < -0.39 is 29.9 Å². The van der Waals surface area contributed by atoms with Crippen molar-refractivity contribution in [3.05, 3.63) is 101 Å². The summed E-state index contributed by atoms with van der Waals surface area (Å²) >= 11 is 0. The summed E-state index contributed by atoms with van der Waals surface area (Å²) in [4.78, 5) is 57.8. The van der Waals surface area contributed by atoms with Crippen LogP contribution < -0.4 is 15.4 Å². The highest BCUT2D eigenvalue weighted by Gasteiger charge is 2.36. The van der Waals surface area contributed by atoms with E-state index >= 15 is 0 Å². The van der Waals surface area contributed by atoms with Gasteiger partial charge in [0.2, 0.25) is 23.6 Å². The van der Waals surface area contributed by atoms with Crippen molar-refractivity contribution < 1.29 is 28.3 Å². The Kier molecular flexibility index (Phi) is 11.6. The maximum atomic E-state index is 14.0. The van der Waals surface area contributed by atoms with Gasteiger partial charge in [-0.25, -0.2) is 4.39 Å². The van der Waals surface area contributed by atoms with E-state index in [1.54, 1.807) is 29.0 Å². The van der Waals surface area contributed by atoms with Gasteiger partial charge in [0, 0.05) is 33.0 Å². The number of hydrogen-bond acceptors (Lipinski definition) is 5. The number of halogens is 1. The van der Waals surface area contributed by atoms with Gasteiger partial charge in [-0.2, -0.15) is 0 Å². The summed E-state index contributed by atoms with van der Waals surface area (Å²) in [6, 6.07) is 20.5. The Morgan fingerprint density at radius 3 is 2.45 bits per heavy atom. The Hall–Kier alpha value is -4.73. The molecule has 1 saturated heterocycles. The van der Waals surface area contributed by atoms with Crippen LogP contribution in [0.1, 0.15) is 55.2 Å². The summed E-state index contributed by atoms with van der Waals surface area (Å²) in [6.07, 6.45) is 3.56. The van der Waals surface area contributed by atoms with Crippen molar-refractivity contribution in [2.75, 3.05) is 20.2 Å². The van der Waals surface area contributed by atoms with Gasteiger partial charge in [-0.3, -0.25) is 19.2 Å². The molecule has 1 fully saturated rings. The molecule has 2 bridgehead atoms. The summed E-state index contributed by atoms with van der Waals surface area (Å²) in [5.74, 6) is -0.960. The Morgan fingerprint density at radius 1 is 0.915 bits per heavy atom. The first-order chi connectivity index (χ1) is 22.8. The molecule has 0 unspecified atom stereocenters. The van der Waals surface area contributed by atoms with Gasteiger partial charge in [0.15, 0.2) is 0 Å². The summed E-state index contributed by atoms with van der Waals surface area (Å²) in [7, 11) is 1.71. The molecule has 2 aliphatic heterocycles. The molecule has 4 amide bonds. The molecule has 0 aromatic heterocycles. The van der Waals surface area contributed by atoms with Gasteiger partial charge in [0.05, 0.1) is 6.61 Å². The fourth-order valence-corrected chi connectivity index (χ4v) is 6.20. The van der Waals surface area contributed by atoms with E-state index in [1.165, 1.54) is 12.1 Å². The average Bonchev–Trinajstić information content (AvgIpc) is 3.50. The van der Waals surface area contributed by atoms with E-state index in [9.17, 15) is 23.6 Å². The fourth-order valence-electron chi connectivity index (χ4n) is 6.20. The van der Waals surface area contributed by atoms with Gasteiger partial charge in [-0.05, 0) is 79.5 Å². The quantitative estimate of drug-likeness (QED) is 0.402. The number of likely N-dealkylation sites (N-methyl/N-ethyl adjacent to an activating group) is 1. The molecule has 5 rings (SSSR count). The predicted octanol–water partition coefficient (Wildman–Crippen LogP) is 4.18. The third-order valence-electron chi connectivity index (χ3n) is 8.79. The van der Waals surface area contributed by atoms with Crippen LogP contribution in [-0.4, -0.2) is 71.8 Å². The minimum atomic E-state index is -0.995. The Labute approximate surface area is 275 Å². The molecule has 10 heteroatoms. The summed E-state index contributed by atoms with van der Waals surface area (Å²) in [5.41, 5.74) is 2.61. The van der Waals surface area contributed by atoms with Crippen molar-refractivity contribution in [2.24, 2.45) is 0 Å². The van der Waals surface area contributed by atoms with Crippen LogP contribution in [0.2, 0.25) is 0 Å². The fraction of sp³-hybridized carbons (Fsp3) is 0.405. The highest BCUT2D eigenvalue weighted by atomic mass is 19.1. The SMILES string of the molecule is CN(Cc1ccccc1)C(=O)[C@@H]1CCCCOc2cccc(c2)C[C@H](N2CCCC2=O)C(=O)N[C@@H](CCc2ccc(F)cc2)C(=O)N1. The van der Waals surface area contributed by atoms with Crippen LogP contribution in [0, 0.1) is 5.82 Å². The van der Waals surface area contributed by atoms with Crippen molar-refractivity contribution in [1.82, 2.24) is 20.4 Å². The van der Waals surface area contributed by atoms with Gasteiger partial charge >= 0.3 is 0 Å². The topological polar surface area (TPSA) is 108 Å². The number of likely N-dealkylation sites (tertiary alicyclic amines) is 1. The van der Waals surface area contributed by atoms with E-state index in [2.05, 4.69) is 10.6 Å². The maximum absolute atomic E-state index is 14.0. The normalized spacial score (nSPS) is 21.0. The summed E-state index contributed by atoms with van der Waals surface area (Å²) < 4.78 is 19.6. The van der Waals surface area contributed by atoms with Crippen molar-refractivity contribution in [3.63, 3.8) is 0 Å². The second-order valence-electron chi connectivity index (χ2n) is 12.4. The van der Waals surface area contributed by atoms with Gasteiger partial charge < -0.3 is 25.2 Å². The summed E-state index contributed by atoms with van der Waals surface area (Å²) in [5, 5.41) is 5.89. The largest absolute Gasteiger partial charge is 0.494 e. The molecule has 9 nitrogen and oxygen atoms in total. The number of benzene rings is 3. The molecule has 0 spiro atoms. The van der Waals surface area contributed by atoms with Gasteiger partial charge in [0.1, 0.15) is 29.7 Å². The monoisotopic (exact) mass is 642 g/mol. The van der Waals surface area contributed by atoms with E-state index in [4.69, 9.17) is 4.74 Å². The van der Waals surface area contributed by atoms with Crippen LogP contribution in [0.15, 0.2) is 78.9 Å². The zero-order chi connectivity index (χ0) is 33.2. The third-order valence-corrected chi connectivity index (χ3v) is 8.79. The van der Waals surface area contributed by atoms with Crippen LogP contribution in [-0.2, 0) is 38.6 Å². The highest BCUT2D eigenvalue weighted by Crippen LogP contribution is 2.22. The molecule has 0 radical (unpaired) electrons. The lowest BCUT2D eigenvalue weighted by Gasteiger charge is -2.30. The van der Waals surface area contributed by atoms with E-state index in [1.807, 2.05) is 54.6 Å². The smallest absolute Gasteiger partial charge is 0.245 e. The van der Waals surface area contributed by atoms with Crippen LogP contribution in [0.4, 0.5) is 4.39 Å². The average molecular weight is 643 g/mol. The van der Waals surface area contributed by atoms with Crippen molar-refractivity contribution in [2.45, 2.75) is 76.0 Å². The zero-order valence-corrected chi connectivity index (χ0v) is 26.8. The van der Waals surface area contributed by atoms with Crippen molar-refractivity contribution >= 4 is 23.6 Å². The third kappa shape index (κ3) is 9.40. The molecule has 0 saturated carbocycles. The molecule has 2 N–H and O–H groups in total. The number of ether oxygens (including phenoxy) is 1. The minimum Gasteiger partial charge on any atom is -0.494 e. The number of fused-ring (bicyclic) bond motifs is 2. The first kappa shape index (κ1) is 33.6. The number of aryl methyl sites for hydroxylation is 1. The van der Waals surface area contributed by atoms with Crippen LogP contribution in [0.3, 0.4) is 0 Å². The molecule has 3 aromatic rings. The Morgan fingerprint density at radius 2 is 1.70 bits per heavy atom. The zero-order valence-electron chi connectivity index (χ0n) is 26.8.